The molecule has 0 rings (SSSR count). The minimum atomic E-state index is -1.19. The molecule has 0 aliphatic rings. The van der Waals surface area contributed by atoms with Crippen LogP contribution in [0.2, 0.25) is 0 Å². The van der Waals surface area contributed by atoms with Gasteiger partial charge < -0.3 is 20.8 Å². The predicted molar refractivity (Wildman–Crippen MR) is 74.5 cm³/mol. The van der Waals surface area contributed by atoms with E-state index in [0.29, 0.717) is 32.4 Å². The molecular weight excluding hydrogens is 300 g/mol. The van der Waals surface area contributed by atoms with Crippen LogP contribution in [-0.2, 0) is 19.4 Å². The van der Waals surface area contributed by atoms with Crippen LogP contribution in [0.1, 0.15) is 25.7 Å². The van der Waals surface area contributed by atoms with Gasteiger partial charge in [-0.3, -0.25) is 20.1 Å². The van der Waals surface area contributed by atoms with Crippen molar-refractivity contribution in [2.45, 2.75) is 37.8 Å². The van der Waals surface area contributed by atoms with Crippen molar-refractivity contribution in [2.75, 3.05) is 26.3 Å². The van der Waals surface area contributed by atoms with Gasteiger partial charge in [-0.05, 0) is 32.4 Å². The SMILES string of the molecule is O=C(O)CC(NCCCCNC(CCOO)COO)C(=O)O. The average Bonchev–Trinajstić information content (AvgIpc) is 2.46. The second kappa shape index (κ2) is 13.4. The molecule has 10 heteroatoms. The van der Waals surface area contributed by atoms with E-state index < -0.39 is 24.4 Å². The maximum absolute atomic E-state index is 10.8. The third-order valence-corrected chi connectivity index (χ3v) is 2.94. The number of carboxylic acids is 2. The number of hydrogen-bond donors (Lipinski definition) is 6. The molecule has 2 atom stereocenters. The molecule has 22 heavy (non-hydrogen) atoms. The van der Waals surface area contributed by atoms with Crippen molar-refractivity contribution >= 4 is 11.9 Å². The molecule has 10 nitrogen and oxygen atoms in total. The first-order valence-corrected chi connectivity index (χ1v) is 6.95. The minimum Gasteiger partial charge on any atom is -0.481 e. The lowest BCUT2D eigenvalue weighted by Crippen LogP contribution is -2.39. The Morgan fingerprint density at radius 2 is 1.64 bits per heavy atom. The molecule has 0 saturated carbocycles. The number of unbranched alkanes of at least 4 members (excludes halogenated alkanes) is 1. The van der Waals surface area contributed by atoms with Gasteiger partial charge in [-0.25, -0.2) is 9.78 Å². The molecule has 0 aromatic heterocycles. The fraction of sp³-hybridized carbons (Fsp3) is 0.833. The Kier molecular flexibility index (Phi) is 12.6. The van der Waals surface area contributed by atoms with Gasteiger partial charge in [0.05, 0.1) is 19.6 Å². The lowest BCUT2D eigenvalue weighted by molar-refractivity contribution is -0.257. The highest BCUT2D eigenvalue weighted by Gasteiger charge is 2.19. The molecule has 0 spiro atoms. The zero-order valence-corrected chi connectivity index (χ0v) is 12.2. The Hall–Kier alpha value is -1.30. The number of aliphatic carboxylic acids is 2. The van der Waals surface area contributed by atoms with Crippen molar-refractivity contribution < 1.29 is 40.1 Å². The van der Waals surface area contributed by atoms with E-state index in [1.165, 1.54) is 0 Å². The summed E-state index contributed by atoms with van der Waals surface area (Å²) in [6.07, 6.45) is 1.35. The molecule has 0 aliphatic heterocycles. The van der Waals surface area contributed by atoms with Crippen LogP contribution < -0.4 is 10.6 Å². The van der Waals surface area contributed by atoms with Crippen molar-refractivity contribution in [3.63, 3.8) is 0 Å². The lowest BCUT2D eigenvalue weighted by atomic mass is 10.2. The van der Waals surface area contributed by atoms with Crippen LogP contribution in [0.15, 0.2) is 0 Å². The van der Waals surface area contributed by atoms with Crippen LogP contribution in [0.4, 0.5) is 0 Å². The van der Waals surface area contributed by atoms with Crippen LogP contribution in [-0.4, -0.2) is 71.1 Å². The summed E-state index contributed by atoms with van der Waals surface area (Å²) in [4.78, 5) is 29.3. The molecule has 130 valence electrons. The molecule has 0 amide bonds. The van der Waals surface area contributed by atoms with Crippen LogP contribution >= 0.6 is 0 Å². The van der Waals surface area contributed by atoms with Gasteiger partial charge in [0.1, 0.15) is 6.04 Å². The third-order valence-electron chi connectivity index (χ3n) is 2.94. The van der Waals surface area contributed by atoms with Gasteiger partial charge in [-0.2, -0.15) is 0 Å². The molecule has 0 fully saturated rings. The summed E-state index contributed by atoms with van der Waals surface area (Å²) in [5.74, 6) is -2.36. The van der Waals surface area contributed by atoms with E-state index in [0.717, 1.165) is 0 Å². The molecular formula is C12H24N2O8. The zero-order chi connectivity index (χ0) is 16.8. The Morgan fingerprint density at radius 3 is 2.14 bits per heavy atom. The molecule has 0 heterocycles. The maximum atomic E-state index is 10.8. The first kappa shape index (κ1) is 20.7. The third kappa shape index (κ3) is 11.4. The van der Waals surface area contributed by atoms with Gasteiger partial charge in [0.25, 0.3) is 0 Å². The zero-order valence-electron chi connectivity index (χ0n) is 12.2. The van der Waals surface area contributed by atoms with Crippen LogP contribution in [0.25, 0.3) is 0 Å². The Morgan fingerprint density at radius 1 is 1.00 bits per heavy atom. The van der Waals surface area contributed by atoms with Crippen LogP contribution in [0.5, 0.6) is 0 Å². The van der Waals surface area contributed by atoms with Crippen LogP contribution in [0.3, 0.4) is 0 Å². The molecule has 0 radical (unpaired) electrons. The highest BCUT2D eigenvalue weighted by molar-refractivity contribution is 5.80. The molecule has 0 aromatic rings. The summed E-state index contributed by atoms with van der Waals surface area (Å²) in [6, 6.07) is -1.27. The molecule has 0 aromatic carbocycles. The Bertz CT molecular complexity index is 316. The summed E-state index contributed by atoms with van der Waals surface area (Å²) in [5, 5.41) is 39.8. The summed E-state index contributed by atoms with van der Waals surface area (Å²) in [6.45, 7) is 1.14. The fourth-order valence-corrected chi connectivity index (χ4v) is 1.78. The number of carboxylic acid groups (broad SMARTS) is 2. The summed E-state index contributed by atoms with van der Waals surface area (Å²) in [7, 11) is 0. The largest absolute Gasteiger partial charge is 0.481 e. The molecule has 0 aliphatic carbocycles. The van der Waals surface area contributed by atoms with Crippen molar-refractivity contribution in [3.8, 4) is 0 Å². The van der Waals surface area contributed by atoms with Crippen molar-refractivity contribution in [3.05, 3.63) is 0 Å². The summed E-state index contributed by atoms with van der Waals surface area (Å²) in [5.41, 5.74) is 0. The van der Waals surface area contributed by atoms with Crippen molar-refractivity contribution in [1.82, 2.24) is 10.6 Å². The van der Waals surface area contributed by atoms with E-state index in [2.05, 4.69) is 20.4 Å². The second-order valence-electron chi connectivity index (χ2n) is 4.72. The topological polar surface area (TPSA) is 158 Å². The summed E-state index contributed by atoms with van der Waals surface area (Å²) < 4.78 is 0. The molecule has 0 bridgehead atoms. The van der Waals surface area contributed by atoms with E-state index in [1.54, 1.807) is 0 Å². The molecule has 6 N–H and O–H groups in total. The predicted octanol–water partition coefficient (Wildman–Crippen LogP) is -0.388. The van der Waals surface area contributed by atoms with Crippen molar-refractivity contribution in [1.29, 1.82) is 0 Å². The van der Waals surface area contributed by atoms with Gasteiger partial charge >= 0.3 is 11.9 Å². The quantitative estimate of drug-likeness (QED) is 0.133. The maximum Gasteiger partial charge on any atom is 0.321 e. The van der Waals surface area contributed by atoms with E-state index >= 15 is 0 Å². The van der Waals surface area contributed by atoms with Gasteiger partial charge in [0.15, 0.2) is 0 Å². The molecule has 2 unspecified atom stereocenters. The first-order valence-electron chi connectivity index (χ1n) is 6.95. The number of hydrogen-bond acceptors (Lipinski definition) is 8. The van der Waals surface area contributed by atoms with E-state index in [4.69, 9.17) is 20.7 Å². The Labute approximate surface area is 127 Å². The van der Waals surface area contributed by atoms with Crippen LogP contribution in [0, 0.1) is 0 Å². The van der Waals surface area contributed by atoms with Crippen molar-refractivity contribution in [2.24, 2.45) is 0 Å². The first-order chi connectivity index (χ1) is 10.5. The number of carbonyl (C=O) groups is 2. The van der Waals surface area contributed by atoms with Gasteiger partial charge in [-0.15, -0.1) is 0 Å². The molecule has 0 saturated heterocycles. The smallest absolute Gasteiger partial charge is 0.321 e. The number of nitrogens with one attached hydrogen (secondary N) is 2. The van der Waals surface area contributed by atoms with Gasteiger partial charge in [0, 0.05) is 6.04 Å². The lowest BCUT2D eigenvalue weighted by Gasteiger charge is -2.16. The highest BCUT2D eigenvalue weighted by atomic mass is 17.1. The average molecular weight is 324 g/mol. The second-order valence-corrected chi connectivity index (χ2v) is 4.72. The van der Waals surface area contributed by atoms with E-state index in [1.807, 2.05) is 0 Å². The fourth-order valence-electron chi connectivity index (χ4n) is 1.78. The van der Waals surface area contributed by atoms with Gasteiger partial charge in [-0.1, -0.05) is 0 Å². The summed E-state index contributed by atoms with van der Waals surface area (Å²) >= 11 is 0. The van der Waals surface area contributed by atoms with Gasteiger partial charge in [0.2, 0.25) is 0 Å². The van der Waals surface area contributed by atoms with E-state index in [9.17, 15) is 9.59 Å². The standard InChI is InChI=1S/C12H24N2O8/c15-11(16)7-10(12(17)18)14-5-2-1-4-13-9(8-22-20)3-6-21-19/h9-10,13-14,19-20H,1-8H2,(H,15,16)(H,17,18). The highest BCUT2D eigenvalue weighted by Crippen LogP contribution is 1.97. The normalized spacial score (nSPS) is 13.7. The monoisotopic (exact) mass is 324 g/mol. The number of rotatable bonds is 15. The minimum absolute atomic E-state index is 0.0569. The Balaban J connectivity index is 3.77. The van der Waals surface area contributed by atoms with E-state index in [-0.39, 0.29) is 19.3 Å².